The summed E-state index contributed by atoms with van der Waals surface area (Å²) in [5.41, 5.74) is 8.80. The van der Waals surface area contributed by atoms with Crippen LogP contribution in [0.3, 0.4) is 0 Å². The minimum atomic E-state index is 0.556. The van der Waals surface area contributed by atoms with Crippen molar-refractivity contribution in [2.24, 2.45) is 0 Å². The second-order valence-corrected chi connectivity index (χ2v) is 15.1. The molecule has 2 heterocycles. The van der Waals surface area contributed by atoms with Gasteiger partial charge in [0.2, 0.25) is 0 Å². The topological polar surface area (TPSA) is 51.8 Å². The monoisotopic (exact) mass is 751 g/mol. The lowest BCUT2D eigenvalue weighted by Crippen LogP contribution is -2.00. The predicted molar refractivity (Wildman–Crippen MR) is 244 cm³/mol. The van der Waals surface area contributed by atoms with E-state index in [0.29, 0.717) is 17.5 Å². The largest absolute Gasteiger partial charge is 0.455 e. The second kappa shape index (κ2) is 13.3. The molecule has 0 amide bonds. The van der Waals surface area contributed by atoms with Gasteiger partial charge in [-0.1, -0.05) is 176 Å². The number of nitrogens with zero attached hydrogens (tertiary/aromatic N) is 3. The van der Waals surface area contributed by atoms with Crippen LogP contribution in [-0.2, 0) is 0 Å². The molecule has 0 radical (unpaired) electrons. The van der Waals surface area contributed by atoms with Crippen LogP contribution in [0.4, 0.5) is 0 Å². The molecule has 274 valence electrons. The number of hydrogen-bond acceptors (Lipinski definition) is 4. The Kier molecular flexibility index (Phi) is 7.50. The number of fused-ring (bicyclic) bond motifs is 9. The van der Waals surface area contributed by atoms with Gasteiger partial charge in [0.05, 0.1) is 5.56 Å². The molecule has 0 saturated carbocycles. The van der Waals surface area contributed by atoms with Crippen LogP contribution in [0.25, 0.3) is 121 Å². The summed E-state index contributed by atoms with van der Waals surface area (Å²) < 4.78 is 6.51. The average molecular weight is 752 g/mol. The van der Waals surface area contributed by atoms with Gasteiger partial charge >= 0.3 is 0 Å². The highest BCUT2D eigenvalue weighted by Gasteiger charge is 2.19. The molecule has 4 heteroatoms. The van der Waals surface area contributed by atoms with E-state index in [9.17, 15) is 0 Å². The molecule has 0 unspecified atom stereocenters. The van der Waals surface area contributed by atoms with Gasteiger partial charge in [0, 0.05) is 21.9 Å². The summed E-state index contributed by atoms with van der Waals surface area (Å²) in [6, 6.07) is 70.6. The average Bonchev–Trinajstić information content (AvgIpc) is 3.70. The van der Waals surface area contributed by atoms with Crippen molar-refractivity contribution in [3.8, 4) is 56.4 Å². The normalized spacial score (nSPS) is 11.7. The summed E-state index contributed by atoms with van der Waals surface area (Å²) in [5.74, 6) is 1.74. The molecule has 0 spiro atoms. The van der Waals surface area contributed by atoms with Crippen LogP contribution in [0.1, 0.15) is 0 Å². The molecule has 59 heavy (non-hydrogen) atoms. The smallest absolute Gasteiger partial charge is 0.167 e. The van der Waals surface area contributed by atoms with Gasteiger partial charge in [-0.2, -0.15) is 0 Å². The van der Waals surface area contributed by atoms with E-state index in [1.54, 1.807) is 0 Å². The fourth-order valence-electron chi connectivity index (χ4n) is 8.90. The molecule has 0 fully saturated rings. The van der Waals surface area contributed by atoms with Crippen molar-refractivity contribution in [1.82, 2.24) is 15.0 Å². The van der Waals surface area contributed by atoms with E-state index in [1.165, 1.54) is 54.2 Å². The molecule has 2 aromatic heterocycles. The van der Waals surface area contributed by atoms with Crippen molar-refractivity contribution < 1.29 is 4.42 Å². The Balaban J connectivity index is 1.03. The fraction of sp³-hybridized carbons (Fsp3) is 0. The standard InChI is InChI=1S/C55H33N3O/c1-4-18-42-34(12-1)26-29-36-14-10-22-43(51(36)42)38-15-9-16-40(32-38)54-56-53(57-55(58-54)48-24-11-23-47-46-21-7-8-25-50(46)59-52(47)48)37-30-27-35(28-31-37)49-33-39-13-2-3-17-41(39)44-19-5-6-20-45(44)49/h1-33H. The van der Waals surface area contributed by atoms with Crippen molar-refractivity contribution in [3.05, 3.63) is 200 Å². The third kappa shape index (κ3) is 5.49. The number of furan rings is 1. The molecule has 0 aliphatic carbocycles. The summed E-state index contributed by atoms with van der Waals surface area (Å²) in [5, 5.41) is 11.9. The van der Waals surface area contributed by atoms with E-state index >= 15 is 0 Å². The molecule has 0 saturated heterocycles. The first-order valence-electron chi connectivity index (χ1n) is 19.9. The zero-order valence-electron chi connectivity index (χ0n) is 31.8. The highest BCUT2D eigenvalue weighted by atomic mass is 16.3. The Bertz CT molecular complexity index is 3620. The zero-order chi connectivity index (χ0) is 38.9. The van der Waals surface area contributed by atoms with Gasteiger partial charge in [-0.05, 0) is 89.6 Å². The second-order valence-electron chi connectivity index (χ2n) is 15.1. The van der Waals surface area contributed by atoms with Gasteiger partial charge in [0.1, 0.15) is 11.2 Å². The third-order valence-corrected chi connectivity index (χ3v) is 11.7. The van der Waals surface area contributed by atoms with E-state index in [1.807, 2.05) is 24.3 Å². The highest BCUT2D eigenvalue weighted by molar-refractivity contribution is 6.15. The first kappa shape index (κ1) is 33.2. The molecule has 0 N–H and O–H groups in total. The zero-order valence-corrected chi connectivity index (χ0v) is 31.8. The van der Waals surface area contributed by atoms with Gasteiger partial charge in [-0.25, -0.2) is 15.0 Å². The van der Waals surface area contributed by atoms with Crippen LogP contribution < -0.4 is 0 Å². The Morgan fingerprint density at radius 3 is 1.73 bits per heavy atom. The molecule has 0 aliphatic heterocycles. The molecule has 12 aromatic rings. The van der Waals surface area contributed by atoms with Gasteiger partial charge < -0.3 is 4.42 Å². The van der Waals surface area contributed by atoms with Crippen molar-refractivity contribution in [2.45, 2.75) is 0 Å². The SMILES string of the molecule is c1cc(-c2nc(-c3ccc(-c4cc5ccccc5c5ccccc45)cc3)nc(-c3cccc4c3oc3ccccc34)n2)cc(-c2cccc3ccc4ccccc4c23)c1. The van der Waals surface area contributed by atoms with Crippen LogP contribution in [0.15, 0.2) is 205 Å². The molecule has 0 atom stereocenters. The van der Waals surface area contributed by atoms with Crippen LogP contribution >= 0.6 is 0 Å². The lowest BCUT2D eigenvalue weighted by molar-refractivity contribution is 0.669. The summed E-state index contributed by atoms with van der Waals surface area (Å²) >= 11 is 0. The van der Waals surface area contributed by atoms with Gasteiger partial charge in [0.25, 0.3) is 0 Å². The van der Waals surface area contributed by atoms with E-state index < -0.39 is 0 Å². The first-order chi connectivity index (χ1) is 29.2. The Morgan fingerprint density at radius 1 is 0.288 bits per heavy atom. The number of rotatable bonds is 5. The van der Waals surface area contributed by atoms with E-state index in [-0.39, 0.29) is 0 Å². The van der Waals surface area contributed by atoms with E-state index in [0.717, 1.165) is 49.8 Å². The molecule has 4 nitrogen and oxygen atoms in total. The quantitative estimate of drug-likeness (QED) is 0.164. The summed E-state index contributed by atoms with van der Waals surface area (Å²) in [6.45, 7) is 0. The number of aromatic nitrogens is 3. The maximum absolute atomic E-state index is 6.51. The lowest BCUT2D eigenvalue weighted by atomic mass is 9.93. The van der Waals surface area contributed by atoms with E-state index in [4.69, 9.17) is 19.4 Å². The fourth-order valence-corrected chi connectivity index (χ4v) is 8.90. The Hall–Kier alpha value is -7.95. The highest BCUT2D eigenvalue weighted by Crippen LogP contribution is 2.39. The summed E-state index contributed by atoms with van der Waals surface area (Å²) in [7, 11) is 0. The van der Waals surface area contributed by atoms with Gasteiger partial charge in [-0.3, -0.25) is 0 Å². The summed E-state index contributed by atoms with van der Waals surface area (Å²) in [6.07, 6.45) is 0. The minimum absolute atomic E-state index is 0.556. The molecule has 0 bridgehead atoms. The molecular weight excluding hydrogens is 719 g/mol. The van der Waals surface area contributed by atoms with Crippen LogP contribution in [0.5, 0.6) is 0 Å². The maximum atomic E-state index is 6.51. The summed E-state index contributed by atoms with van der Waals surface area (Å²) in [4.78, 5) is 15.6. The van der Waals surface area contributed by atoms with Crippen molar-refractivity contribution in [2.75, 3.05) is 0 Å². The van der Waals surface area contributed by atoms with E-state index in [2.05, 4.69) is 176 Å². The lowest BCUT2D eigenvalue weighted by Gasteiger charge is -2.13. The van der Waals surface area contributed by atoms with Gasteiger partial charge in [-0.15, -0.1) is 0 Å². The molecular formula is C55H33N3O. The first-order valence-corrected chi connectivity index (χ1v) is 19.9. The van der Waals surface area contributed by atoms with Crippen molar-refractivity contribution in [3.63, 3.8) is 0 Å². The number of benzene rings is 10. The predicted octanol–water partition coefficient (Wildman–Crippen LogP) is 14.7. The Morgan fingerprint density at radius 2 is 0.864 bits per heavy atom. The molecule has 0 aliphatic rings. The van der Waals surface area contributed by atoms with Crippen molar-refractivity contribution in [1.29, 1.82) is 0 Å². The third-order valence-electron chi connectivity index (χ3n) is 11.7. The van der Waals surface area contributed by atoms with Crippen LogP contribution in [0.2, 0.25) is 0 Å². The number of hydrogen-bond donors (Lipinski definition) is 0. The van der Waals surface area contributed by atoms with Gasteiger partial charge in [0.15, 0.2) is 17.5 Å². The Labute approximate surface area is 339 Å². The van der Waals surface area contributed by atoms with Crippen LogP contribution in [0, 0.1) is 0 Å². The number of para-hydroxylation sites is 2. The van der Waals surface area contributed by atoms with Crippen LogP contribution in [-0.4, -0.2) is 15.0 Å². The minimum Gasteiger partial charge on any atom is -0.455 e. The maximum Gasteiger partial charge on any atom is 0.167 e. The molecule has 10 aromatic carbocycles. The molecule has 12 rings (SSSR count). The van der Waals surface area contributed by atoms with Crippen molar-refractivity contribution >= 4 is 65.0 Å².